The van der Waals surface area contributed by atoms with E-state index in [9.17, 15) is 0 Å². The van der Waals surface area contributed by atoms with Gasteiger partial charge in [0.15, 0.2) is 0 Å². The fraction of sp³-hybridized carbons (Fsp3) is 0.364. The summed E-state index contributed by atoms with van der Waals surface area (Å²) in [7, 11) is 1.98. The molecule has 0 aliphatic carbocycles. The smallest absolute Gasteiger partial charge is 0.0937 e. The number of aryl methyl sites for hydroxylation is 2. The van der Waals surface area contributed by atoms with Crippen LogP contribution in [0.1, 0.15) is 12.1 Å². The summed E-state index contributed by atoms with van der Waals surface area (Å²) >= 11 is 9.29. The molecule has 2 nitrogen and oxygen atoms in total. The highest BCUT2D eigenvalue weighted by atomic mass is 79.9. The maximum absolute atomic E-state index is 5.72. The Labute approximate surface area is 102 Å². The van der Waals surface area contributed by atoms with Gasteiger partial charge in [-0.3, -0.25) is 4.68 Å². The Kier molecular flexibility index (Phi) is 3.32. The number of hydrogen-bond acceptors (Lipinski definition) is 1. The molecule has 0 unspecified atom stereocenters. The van der Waals surface area contributed by atoms with E-state index in [2.05, 4.69) is 21.0 Å². The molecule has 1 heterocycles. The Morgan fingerprint density at radius 1 is 1.47 bits per heavy atom. The van der Waals surface area contributed by atoms with Crippen LogP contribution in [0.2, 0.25) is 0 Å². The average Bonchev–Trinajstić information content (AvgIpc) is 2.53. The number of fused-ring (bicyclic) bond motifs is 1. The second kappa shape index (κ2) is 4.54. The average molecular weight is 288 g/mol. The number of alkyl halides is 1. The number of benzene rings is 1. The Bertz CT molecular complexity index is 479. The Hall–Kier alpha value is -0.540. The van der Waals surface area contributed by atoms with Crippen molar-refractivity contribution in [2.24, 2.45) is 7.05 Å². The number of halogens is 2. The molecular weight excluding hydrogens is 275 g/mol. The van der Waals surface area contributed by atoms with Crippen molar-refractivity contribution in [1.82, 2.24) is 9.78 Å². The van der Waals surface area contributed by atoms with Crippen LogP contribution in [0.25, 0.3) is 10.9 Å². The third-order valence-corrected chi connectivity index (χ3v) is 3.40. The molecule has 2 rings (SSSR count). The van der Waals surface area contributed by atoms with E-state index in [1.54, 1.807) is 0 Å². The number of hydrogen-bond donors (Lipinski definition) is 0. The van der Waals surface area contributed by atoms with E-state index < -0.39 is 0 Å². The summed E-state index contributed by atoms with van der Waals surface area (Å²) < 4.78 is 3.06. The van der Waals surface area contributed by atoms with Crippen molar-refractivity contribution < 1.29 is 0 Å². The summed E-state index contributed by atoms with van der Waals surface area (Å²) in [6.45, 7) is 0. The van der Waals surface area contributed by atoms with Crippen molar-refractivity contribution in [2.45, 2.75) is 12.8 Å². The van der Waals surface area contributed by atoms with Gasteiger partial charge < -0.3 is 0 Å². The van der Waals surface area contributed by atoms with E-state index in [0.29, 0.717) is 5.88 Å². The lowest BCUT2D eigenvalue weighted by Gasteiger charge is -2.01. The maximum atomic E-state index is 5.72. The molecule has 0 saturated carbocycles. The highest BCUT2D eigenvalue weighted by Gasteiger charge is 2.10. The van der Waals surface area contributed by atoms with Gasteiger partial charge in [0.25, 0.3) is 0 Å². The molecule has 0 fully saturated rings. The van der Waals surface area contributed by atoms with E-state index in [4.69, 9.17) is 11.6 Å². The molecular formula is C11H12BrClN2. The lowest BCUT2D eigenvalue weighted by molar-refractivity contribution is 0.707. The second-order valence-corrected chi connectivity index (χ2v) is 4.73. The van der Waals surface area contributed by atoms with Gasteiger partial charge in [0.2, 0.25) is 0 Å². The minimum atomic E-state index is 0.692. The molecule has 2 aromatic rings. The predicted octanol–water partition coefficient (Wildman–Crippen LogP) is 3.51. The predicted molar refractivity (Wildman–Crippen MR) is 67.5 cm³/mol. The molecule has 0 atom stereocenters. The van der Waals surface area contributed by atoms with Crippen LogP contribution >= 0.6 is 27.5 Å². The van der Waals surface area contributed by atoms with Crippen molar-refractivity contribution in [3.63, 3.8) is 0 Å². The topological polar surface area (TPSA) is 17.8 Å². The van der Waals surface area contributed by atoms with Crippen LogP contribution < -0.4 is 0 Å². The molecule has 0 bridgehead atoms. The first-order valence-electron chi connectivity index (χ1n) is 4.90. The van der Waals surface area contributed by atoms with Crippen LogP contribution in [0.4, 0.5) is 0 Å². The molecule has 0 saturated heterocycles. The molecule has 0 aliphatic rings. The minimum Gasteiger partial charge on any atom is -0.271 e. The molecule has 15 heavy (non-hydrogen) atoms. The third kappa shape index (κ3) is 2.04. The lowest BCUT2D eigenvalue weighted by Crippen LogP contribution is -1.98. The van der Waals surface area contributed by atoms with Gasteiger partial charge in [-0.1, -0.05) is 22.0 Å². The first-order valence-corrected chi connectivity index (χ1v) is 6.23. The standard InChI is InChI=1S/C11H12BrClN2/c1-15-10(6-3-7-13)11-8(12)4-2-5-9(11)14-15/h2,4-5H,3,6-7H2,1H3. The van der Waals surface area contributed by atoms with Crippen molar-refractivity contribution in [1.29, 1.82) is 0 Å². The van der Waals surface area contributed by atoms with Gasteiger partial charge in [0.1, 0.15) is 0 Å². The lowest BCUT2D eigenvalue weighted by atomic mass is 10.1. The quantitative estimate of drug-likeness (QED) is 0.790. The van der Waals surface area contributed by atoms with E-state index in [-0.39, 0.29) is 0 Å². The maximum Gasteiger partial charge on any atom is 0.0937 e. The van der Waals surface area contributed by atoms with Crippen LogP contribution in [0.15, 0.2) is 22.7 Å². The molecule has 4 heteroatoms. The molecule has 1 aromatic heterocycles. The number of nitrogens with zero attached hydrogens (tertiary/aromatic N) is 2. The molecule has 0 amide bonds. The summed E-state index contributed by atoms with van der Waals surface area (Å²) in [6, 6.07) is 6.09. The first-order chi connectivity index (χ1) is 7.24. The number of rotatable bonds is 3. The van der Waals surface area contributed by atoms with Crippen molar-refractivity contribution in [3.8, 4) is 0 Å². The van der Waals surface area contributed by atoms with Crippen LogP contribution in [0, 0.1) is 0 Å². The summed E-state index contributed by atoms with van der Waals surface area (Å²) in [4.78, 5) is 0. The molecule has 0 aliphatic heterocycles. The monoisotopic (exact) mass is 286 g/mol. The Balaban J connectivity index is 2.55. The first kappa shape index (κ1) is 11.0. The highest BCUT2D eigenvalue weighted by molar-refractivity contribution is 9.10. The van der Waals surface area contributed by atoms with Crippen LogP contribution in [-0.2, 0) is 13.5 Å². The number of aromatic nitrogens is 2. The van der Waals surface area contributed by atoms with Gasteiger partial charge in [0, 0.05) is 28.5 Å². The molecule has 80 valence electrons. The Morgan fingerprint density at radius 3 is 3.00 bits per heavy atom. The van der Waals surface area contributed by atoms with Gasteiger partial charge in [-0.15, -0.1) is 11.6 Å². The fourth-order valence-corrected chi connectivity index (χ4v) is 2.50. The van der Waals surface area contributed by atoms with E-state index in [0.717, 1.165) is 22.8 Å². The van der Waals surface area contributed by atoms with Gasteiger partial charge in [0.05, 0.1) is 5.52 Å². The molecule has 0 N–H and O–H groups in total. The summed E-state index contributed by atoms with van der Waals surface area (Å²) in [5.41, 5.74) is 2.29. The largest absolute Gasteiger partial charge is 0.271 e. The third-order valence-electron chi connectivity index (χ3n) is 2.48. The summed E-state index contributed by atoms with van der Waals surface area (Å²) in [5, 5.41) is 5.68. The van der Waals surface area contributed by atoms with Crippen molar-refractivity contribution in [3.05, 3.63) is 28.4 Å². The molecule has 1 aromatic carbocycles. The zero-order valence-corrected chi connectivity index (χ0v) is 10.8. The van der Waals surface area contributed by atoms with Crippen LogP contribution in [0.3, 0.4) is 0 Å². The van der Waals surface area contributed by atoms with Crippen LogP contribution in [0.5, 0.6) is 0 Å². The van der Waals surface area contributed by atoms with E-state index >= 15 is 0 Å². The second-order valence-electron chi connectivity index (χ2n) is 3.50. The minimum absolute atomic E-state index is 0.692. The summed E-state index contributed by atoms with van der Waals surface area (Å²) in [6.07, 6.45) is 1.95. The zero-order chi connectivity index (χ0) is 10.8. The summed E-state index contributed by atoms with van der Waals surface area (Å²) in [5.74, 6) is 0.692. The van der Waals surface area contributed by atoms with E-state index in [1.807, 2.05) is 29.9 Å². The van der Waals surface area contributed by atoms with Crippen molar-refractivity contribution in [2.75, 3.05) is 5.88 Å². The SMILES string of the molecule is Cn1nc2cccc(Br)c2c1CCCCl. The van der Waals surface area contributed by atoms with Crippen LogP contribution in [-0.4, -0.2) is 15.7 Å². The van der Waals surface area contributed by atoms with Gasteiger partial charge in [-0.25, -0.2) is 0 Å². The van der Waals surface area contributed by atoms with Gasteiger partial charge in [-0.2, -0.15) is 5.10 Å². The van der Waals surface area contributed by atoms with Gasteiger partial charge >= 0.3 is 0 Å². The van der Waals surface area contributed by atoms with E-state index in [1.165, 1.54) is 11.1 Å². The normalized spacial score (nSPS) is 11.1. The highest BCUT2D eigenvalue weighted by Crippen LogP contribution is 2.27. The van der Waals surface area contributed by atoms with Crippen molar-refractivity contribution >= 4 is 38.4 Å². The fourth-order valence-electron chi connectivity index (χ4n) is 1.79. The molecule has 0 radical (unpaired) electrons. The Morgan fingerprint density at radius 2 is 2.27 bits per heavy atom. The van der Waals surface area contributed by atoms with Gasteiger partial charge in [-0.05, 0) is 25.0 Å². The molecule has 0 spiro atoms. The zero-order valence-electron chi connectivity index (χ0n) is 8.50.